The van der Waals surface area contributed by atoms with Gasteiger partial charge >= 0.3 is 0 Å². The molecule has 2 aromatic heterocycles. The summed E-state index contributed by atoms with van der Waals surface area (Å²) in [6.07, 6.45) is 3.56. The second-order valence-corrected chi connectivity index (χ2v) is 7.54. The first-order valence-corrected chi connectivity index (χ1v) is 8.77. The average molecular weight is 346 g/mol. The summed E-state index contributed by atoms with van der Waals surface area (Å²) in [6.45, 7) is 8.80. The Morgan fingerprint density at radius 3 is 2.50 bits per heavy atom. The van der Waals surface area contributed by atoms with Crippen LogP contribution < -0.4 is 4.90 Å². The molecule has 0 bridgehead atoms. The van der Waals surface area contributed by atoms with Crippen LogP contribution in [0.25, 0.3) is 11.1 Å². The van der Waals surface area contributed by atoms with Crippen molar-refractivity contribution in [3.63, 3.8) is 0 Å². The van der Waals surface area contributed by atoms with Gasteiger partial charge in [-0.05, 0) is 57.5 Å². The summed E-state index contributed by atoms with van der Waals surface area (Å²) >= 11 is 0. The fourth-order valence-corrected chi connectivity index (χ4v) is 3.52. The summed E-state index contributed by atoms with van der Waals surface area (Å²) in [5.74, 6) is -0.0184. The smallest absolute Gasteiger partial charge is 0.277 e. The fraction of sp³-hybridized carbons (Fsp3) is 0.286. The number of carbonyl (C=O) groups is 1. The van der Waals surface area contributed by atoms with Gasteiger partial charge in [0.25, 0.3) is 5.91 Å². The summed E-state index contributed by atoms with van der Waals surface area (Å²) in [7, 11) is 0. The largest absolute Gasteiger partial charge is 0.305 e. The second-order valence-electron chi connectivity index (χ2n) is 7.54. The van der Waals surface area contributed by atoms with E-state index in [1.54, 1.807) is 12.4 Å². The molecule has 0 N–H and O–H groups in total. The van der Waals surface area contributed by atoms with Crippen LogP contribution in [-0.4, -0.2) is 27.2 Å². The van der Waals surface area contributed by atoms with Crippen LogP contribution in [-0.2, 0) is 5.54 Å². The zero-order valence-corrected chi connectivity index (χ0v) is 15.5. The number of aryl methyl sites for hydroxylation is 2. The highest BCUT2D eigenvalue weighted by Crippen LogP contribution is 2.35. The molecule has 0 saturated heterocycles. The zero-order valence-electron chi connectivity index (χ0n) is 15.5. The van der Waals surface area contributed by atoms with Crippen molar-refractivity contribution in [1.29, 1.82) is 0 Å². The lowest BCUT2D eigenvalue weighted by Crippen LogP contribution is -2.51. The van der Waals surface area contributed by atoms with E-state index in [2.05, 4.69) is 23.9 Å². The first kappa shape index (κ1) is 16.5. The van der Waals surface area contributed by atoms with Crippen LogP contribution in [0.4, 0.5) is 5.69 Å². The molecule has 3 aromatic rings. The van der Waals surface area contributed by atoms with Gasteiger partial charge < -0.3 is 4.90 Å². The lowest BCUT2D eigenvalue weighted by atomic mass is 9.97. The Morgan fingerprint density at radius 1 is 1.08 bits per heavy atom. The first-order chi connectivity index (χ1) is 12.4. The van der Waals surface area contributed by atoms with E-state index in [1.165, 1.54) is 5.56 Å². The van der Waals surface area contributed by atoms with E-state index in [0.29, 0.717) is 12.2 Å². The Hall–Kier alpha value is -2.95. The molecule has 1 aromatic carbocycles. The summed E-state index contributed by atoms with van der Waals surface area (Å²) in [4.78, 5) is 19.5. The summed E-state index contributed by atoms with van der Waals surface area (Å²) < 4.78 is 1.87. The van der Waals surface area contributed by atoms with Crippen LogP contribution in [0.2, 0.25) is 0 Å². The Labute approximate surface area is 153 Å². The van der Waals surface area contributed by atoms with Crippen LogP contribution in [0.1, 0.15) is 35.6 Å². The molecule has 5 heteroatoms. The predicted octanol–water partition coefficient (Wildman–Crippen LogP) is 3.96. The molecule has 26 heavy (non-hydrogen) atoms. The van der Waals surface area contributed by atoms with Crippen LogP contribution in [0.15, 0.2) is 48.8 Å². The van der Waals surface area contributed by atoms with Crippen LogP contribution in [0, 0.1) is 13.8 Å². The molecule has 0 unspecified atom stereocenters. The predicted molar refractivity (Wildman–Crippen MR) is 102 cm³/mol. The number of benzene rings is 1. The molecule has 1 amide bonds. The molecule has 132 valence electrons. The van der Waals surface area contributed by atoms with Gasteiger partial charge in [-0.1, -0.05) is 17.7 Å². The van der Waals surface area contributed by atoms with Gasteiger partial charge in [0.05, 0.1) is 18.3 Å². The Balaban J connectivity index is 1.86. The number of hydrogen-bond acceptors (Lipinski definition) is 3. The van der Waals surface area contributed by atoms with Crippen molar-refractivity contribution < 1.29 is 4.79 Å². The average Bonchev–Trinajstić information content (AvgIpc) is 3.06. The van der Waals surface area contributed by atoms with Gasteiger partial charge in [-0.2, -0.15) is 5.10 Å². The SMILES string of the molecule is Cc1ccc(N2CC(C)(C)n3ncc(-c4ccnc(C)c4)c3C2=O)cc1. The molecule has 1 aliphatic heterocycles. The van der Waals surface area contributed by atoms with Crippen LogP contribution in [0.3, 0.4) is 0 Å². The van der Waals surface area contributed by atoms with Crippen LogP contribution in [0.5, 0.6) is 0 Å². The zero-order chi connectivity index (χ0) is 18.5. The number of aromatic nitrogens is 3. The molecule has 0 radical (unpaired) electrons. The van der Waals surface area contributed by atoms with Gasteiger partial charge in [0.1, 0.15) is 5.69 Å². The molecule has 5 nitrogen and oxygen atoms in total. The molecule has 0 atom stereocenters. The normalized spacial score (nSPS) is 15.8. The molecule has 0 fully saturated rings. The van der Waals surface area contributed by atoms with E-state index in [-0.39, 0.29) is 11.4 Å². The monoisotopic (exact) mass is 346 g/mol. The summed E-state index contributed by atoms with van der Waals surface area (Å²) in [6, 6.07) is 12.0. The van der Waals surface area contributed by atoms with E-state index in [1.807, 2.05) is 59.8 Å². The molecule has 0 aliphatic carbocycles. The summed E-state index contributed by atoms with van der Waals surface area (Å²) in [5.41, 5.74) is 5.16. The topological polar surface area (TPSA) is 51.0 Å². The molecular formula is C21H22N4O. The third kappa shape index (κ3) is 2.60. The number of anilines is 1. The lowest BCUT2D eigenvalue weighted by Gasteiger charge is -2.39. The molecule has 1 aliphatic rings. The van der Waals surface area contributed by atoms with Crippen molar-refractivity contribution in [2.45, 2.75) is 33.2 Å². The minimum atomic E-state index is -0.297. The second kappa shape index (κ2) is 5.80. The van der Waals surface area contributed by atoms with Crippen molar-refractivity contribution in [2.24, 2.45) is 0 Å². The van der Waals surface area contributed by atoms with E-state index < -0.39 is 0 Å². The first-order valence-electron chi connectivity index (χ1n) is 8.77. The van der Waals surface area contributed by atoms with Crippen molar-refractivity contribution in [1.82, 2.24) is 14.8 Å². The van der Waals surface area contributed by atoms with Gasteiger partial charge in [-0.25, -0.2) is 0 Å². The maximum absolute atomic E-state index is 13.4. The number of carbonyl (C=O) groups excluding carboxylic acids is 1. The van der Waals surface area contributed by atoms with E-state index in [9.17, 15) is 4.79 Å². The van der Waals surface area contributed by atoms with Crippen molar-refractivity contribution in [3.8, 4) is 11.1 Å². The molecule has 4 rings (SSSR count). The van der Waals surface area contributed by atoms with Gasteiger partial charge in [0.2, 0.25) is 0 Å². The number of pyridine rings is 1. The molecule has 0 saturated carbocycles. The third-order valence-electron chi connectivity index (χ3n) is 4.89. The minimum Gasteiger partial charge on any atom is -0.305 e. The van der Waals surface area contributed by atoms with E-state index >= 15 is 0 Å². The number of amides is 1. The number of rotatable bonds is 2. The van der Waals surface area contributed by atoms with E-state index in [4.69, 9.17) is 0 Å². The summed E-state index contributed by atoms with van der Waals surface area (Å²) in [5, 5.41) is 4.56. The van der Waals surface area contributed by atoms with Gasteiger partial charge in [0, 0.05) is 23.1 Å². The number of fused-ring (bicyclic) bond motifs is 1. The Bertz CT molecular complexity index is 986. The molecular weight excluding hydrogens is 324 g/mol. The standard InChI is InChI=1S/C21H22N4O/c1-14-5-7-17(8-6-14)24-13-21(3,4)25-19(20(24)26)18(12-23-25)16-9-10-22-15(2)11-16/h5-12H,13H2,1-4H3. The van der Waals surface area contributed by atoms with Gasteiger partial charge in [-0.3, -0.25) is 14.5 Å². The van der Waals surface area contributed by atoms with Crippen molar-refractivity contribution in [2.75, 3.05) is 11.4 Å². The highest BCUT2D eigenvalue weighted by molar-refractivity contribution is 6.10. The highest BCUT2D eigenvalue weighted by atomic mass is 16.2. The van der Waals surface area contributed by atoms with Crippen molar-refractivity contribution >= 4 is 11.6 Å². The molecule has 3 heterocycles. The maximum atomic E-state index is 13.4. The van der Waals surface area contributed by atoms with Gasteiger partial charge in [0.15, 0.2) is 0 Å². The highest BCUT2D eigenvalue weighted by Gasteiger charge is 2.39. The minimum absolute atomic E-state index is 0.0184. The maximum Gasteiger partial charge on any atom is 0.277 e. The van der Waals surface area contributed by atoms with E-state index in [0.717, 1.165) is 22.5 Å². The number of hydrogen-bond donors (Lipinski definition) is 0. The van der Waals surface area contributed by atoms with Crippen molar-refractivity contribution in [3.05, 3.63) is 65.7 Å². The quantitative estimate of drug-likeness (QED) is 0.706. The lowest BCUT2D eigenvalue weighted by molar-refractivity contribution is 0.0927. The van der Waals surface area contributed by atoms with Crippen LogP contribution >= 0.6 is 0 Å². The Kier molecular flexibility index (Phi) is 3.68. The fourth-order valence-electron chi connectivity index (χ4n) is 3.52. The third-order valence-corrected chi connectivity index (χ3v) is 4.89. The molecule has 0 spiro atoms. The van der Waals surface area contributed by atoms with Gasteiger partial charge in [-0.15, -0.1) is 0 Å². The Morgan fingerprint density at radius 2 is 1.81 bits per heavy atom. The number of nitrogens with zero attached hydrogens (tertiary/aromatic N) is 4.